The number of nitrogens with zero attached hydrogens (tertiary/aromatic N) is 3. The second kappa shape index (κ2) is 6.60. The molecule has 1 aromatic heterocycles. The predicted octanol–water partition coefficient (Wildman–Crippen LogP) is 0.880. The third-order valence-corrected chi connectivity index (χ3v) is 4.67. The molecule has 1 aliphatic heterocycles. The van der Waals surface area contributed by atoms with Crippen molar-refractivity contribution in [1.82, 2.24) is 9.58 Å². The van der Waals surface area contributed by atoms with Gasteiger partial charge < -0.3 is 4.74 Å². The van der Waals surface area contributed by atoms with Gasteiger partial charge in [-0.15, -0.1) is 0 Å². The summed E-state index contributed by atoms with van der Waals surface area (Å²) in [5.74, 6) is -0.0601. The van der Waals surface area contributed by atoms with Crippen molar-refractivity contribution in [3.05, 3.63) is 33.9 Å². The van der Waals surface area contributed by atoms with Crippen LogP contribution >= 0.6 is 11.3 Å². The summed E-state index contributed by atoms with van der Waals surface area (Å²) in [7, 11) is 0. The number of hydrogen-bond acceptors (Lipinski definition) is 5. The highest BCUT2D eigenvalue weighted by atomic mass is 32.1. The number of rotatable bonds is 4. The number of thiazole rings is 1. The van der Waals surface area contributed by atoms with Gasteiger partial charge in [0.25, 0.3) is 5.91 Å². The van der Waals surface area contributed by atoms with Crippen LogP contribution in [0.25, 0.3) is 10.2 Å². The maximum absolute atomic E-state index is 12.6. The first-order valence-corrected chi connectivity index (χ1v) is 8.23. The van der Waals surface area contributed by atoms with Gasteiger partial charge in [-0.25, -0.2) is 9.69 Å². The van der Waals surface area contributed by atoms with Crippen LogP contribution in [0.3, 0.4) is 0 Å². The molecule has 6 nitrogen and oxygen atoms in total. The Bertz CT molecular complexity index is 718. The van der Waals surface area contributed by atoms with Gasteiger partial charge in [0.05, 0.1) is 30.0 Å². The van der Waals surface area contributed by atoms with Crippen LogP contribution < -0.4 is 9.88 Å². The number of morpholine rings is 1. The average Bonchev–Trinajstić information content (AvgIpc) is 2.86. The van der Waals surface area contributed by atoms with E-state index in [1.807, 2.05) is 31.2 Å². The smallest absolute Gasteiger partial charge is 0.327 e. The van der Waals surface area contributed by atoms with E-state index in [9.17, 15) is 9.59 Å². The average molecular weight is 321 g/mol. The van der Waals surface area contributed by atoms with Gasteiger partial charge >= 0.3 is 4.87 Å². The van der Waals surface area contributed by atoms with Crippen LogP contribution in [0.5, 0.6) is 0 Å². The first kappa shape index (κ1) is 15.2. The number of ether oxygens (including phenoxy) is 1. The van der Waals surface area contributed by atoms with Crippen molar-refractivity contribution in [2.24, 2.45) is 0 Å². The molecule has 1 aliphatic rings. The van der Waals surface area contributed by atoms with E-state index in [0.29, 0.717) is 26.3 Å². The Labute approximate surface area is 132 Å². The van der Waals surface area contributed by atoms with Crippen molar-refractivity contribution in [3.8, 4) is 0 Å². The second-order valence-electron chi connectivity index (χ2n) is 5.15. The number of likely N-dealkylation sites (N-methyl/N-ethyl adjacent to an activating group) is 1. The normalized spacial score (nSPS) is 16.0. The van der Waals surface area contributed by atoms with E-state index in [0.717, 1.165) is 23.3 Å². The summed E-state index contributed by atoms with van der Waals surface area (Å²) in [5, 5.41) is 1.54. The Morgan fingerprint density at radius 3 is 2.77 bits per heavy atom. The maximum Gasteiger partial charge on any atom is 0.327 e. The van der Waals surface area contributed by atoms with E-state index in [1.54, 1.807) is 0 Å². The summed E-state index contributed by atoms with van der Waals surface area (Å²) < 4.78 is 7.69. The standard InChI is InChI=1S/C15H19N3O3S/c1-2-17(14(19)11-16-7-9-21-10-8-16)18-12-5-3-4-6-13(12)22-15(18)20/h3-6H,2,7-11H2,1H3. The van der Waals surface area contributed by atoms with E-state index >= 15 is 0 Å². The van der Waals surface area contributed by atoms with E-state index in [4.69, 9.17) is 4.74 Å². The molecule has 0 spiro atoms. The quantitative estimate of drug-likeness (QED) is 0.839. The van der Waals surface area contributed by atoms with Crippen LogP contribution in [-0.4, -0.2) is 54.9 Å². The summed E-state index contributed by atoms with van der Waals surface area (Å²) in [6.45, 7) is 5.47. The van der Waals surface area contributed by atoms with Gasteiger partial charge in [0.15, 0.2) is 0 Å². The third-order valence-electron chi connectivity index (χ3n) is 3.76. The molecule has 0 radical (unpaired) electrons. The SMILES string of the molecule is CCN(C(=O)CN1CCOCC1)n1c(=O)sc2ccccc21. The van der Waals surface area contributed by atoms with Crippen LogP contribution in [0.1, 0.15) is 6.92 Å². The zero-order chi connectivity index (χ0) is 15.5. The second-order valence-corrected chi connectivity index (χ2v) is 6.14. The molecule has 2 heterocycles. The summed E-state index contributed by atoms with van der Waals surface area (Å²) in [4.78, 5) is 26.9. The number of benzene rings is 1. The Kier molecular flexibility index (Phi) is 4.56. The highest BCUT2D eigenvalue weighted by Gasteiger charge is 2.22. The molecule has 0 N–H and O–H groups in total. The van der Waals surface area contributed by atoms with Crippen molar-refractivity contribution in [3.63, 3.8) is 0 Å². The van der Waals surface area contributed by atoms with Gasteiger partial charge in [-0.3, -0.25) is 14.5 Å². The van der Waals surface area contributed by atoms with E-state index < -0.39 is 0 Å². The number of carbonyl (C=O) groups excluding carboxylic acids is 1. The molecular weight excluding hydrogens is 302 g/mol. The molecule has 1 aromatic carbocycles. The van der Waals surface area contributed by atoms with Gasteiger partial charge in [-0.1, -0.05) is 23.5 Å². The highest BCUT2D eigenvalue weighted by molar-refractivity contribution is 7.16. The third kappa shape index (κ3) is 2.92. The highest BCUT2D eigenvalue weighted by Crippen LogP contribution is 2.17. The monoisotopic (exact) mass is 321 g/mol. The van der Waals surface area contributed by atoms with Gasteiger partial charge in [0.1, 0.15) is 0 Å². The molecule has 2 aromatic rings. The maximum atomic E-state index is 12.6. The first-order chi connectivity index (χ1) is 10.7. The molecule has 0 bridgehead atoms. The van der Waals surface area contributed by atoms with Crippen molar-refractivity contribution < 1.29 is 9.53 Å². The Morgan fingerprint density at radius 1 is 1.32 bits per heavy atom. The molecule has 0 saturated carbocycles. The van der Waals surface area contributed by atoms with Crippen LogP contribution in [0, 0.1) is 0 Å². The fourth-order valence-electron chi connectivity index (χ4n) is 2.64. The fraction of sp³-hybridized carbons (Fsp3) is 0.467. The minimum Gasteiger partial charge on any atom is -0.379 e. The number of carbonyl (C=O) groups is 1. The Hall–Kier alpha value is -1.70. The minimum atomic E-state index is -0.127. The molecule has 0 atom stereocenters. The van der Waals surface area contributed by atoms with Crippen molar-refractivity contribution >= 4 is 27.5 Å². The molecule has 3 rings (SSSR count). The predicted molar refractivity (Wildman–Crippen MR) is 87.1 cm³/mol. The van der Waals surface area contributed by atoms with E-state index in [1.165, 1.54) is 21.0 Å². The summed E-state index contributed by atoms with van der Waals surface area (Å²) in [6, 6.07) is 7.55. The fourth-order valence-corrected chi connectivity index (χ4v) is 3.52. The molecule has 0 aliphatic carbocycles. The van der Waals surface area contributed by atoms with Gasteiger partial charge in [-0.2, -0.15) is 0 Å². The van der Waals surface area contributed by atoms with Crippen LogP contribution in [-0.2, 0) is 9.53 Å². The van der Waals surface area contributed by atoms with Crippen LogP contribution in [0.15, 0.2) is 29.1 Å². The Morgan fingerprint density at radius 2 is 2.05 bits per heavy atom. The molecule has 1 amide bonds. The molecule has 1 fully saturated rings. The van der Waals surface area contributed by atoms with Crippen molar-refractivity contribution in [2.45, 2.75) is 6.92 Å². The number of hydrogen-bond donors (Lipinski definition) is 0. The Balaban J connectivity index is 1.87. The lowest BCUT2D eigenvalue weighted by atomic mass is 10.3. The van der Waals surface area contributed by atoms with Gasteiger partial charge in [-0.05, 0) is 19.1 Å². The number of aromatic nitrogens is 1. The van der Waals surface area contributed by atoms with E-state index in [2.05, 4.69) is 4.90 Å². The molecular formula is C15H19N3O3S. The largest absolute Gasteiger partial charge is 0.379 e. The van der Waals surface area contributed by atoms with Crippen molar-refractivity contribution in [1.29, 1.82) is 0 Å². The molecule has 118 valence electrons. The molecule has 1 saturated heterocycles. The molecule has 22 heavy (non-hydrogen) atoms. The molecule has 0 unspecified atom stereocenters. The minimum absolute atomic E-state index is 0.0601. The van der Waals surface area contributed by atoms with Gasteiger partial charge in [0.2, 0.25) is 0 Å². The van der Waals surface area contributed by atoms with Crippen LogP contribution in [0.2, 0.25) is 0 Å². The number of amides is 1. The summed E-state index contributed by atoms with van der Waals surface area (Å²) in [5.41, 5.74) is 0.787. The number of para-hydroxylation sites is 1. The first-order valence-electron chi connectivity index (χ1n) is 7.42. The lowest BCUT2D eigenvalue weighted by molar-refractivity contribution is -0.122. The van der Waals surface area contributed by atoms with Crippen LogP contribution in [0.4, 0.5) is 0 Å². The van der Waals surface area contributed by atoms with Crippen molar-refractivity contribution in [2.75, 3.05) is 44.4 Å². The topological polar surface area (TPSA) is 54.8 Å². The van der Waals surface area contributed by atoms with Gasteiger partial charge in [0, 0.05) is 19.6 Å². The molecule has 7 heteroatoms. The lowest BCUT2D eigenvalue weighted by Crippen LogP contribution is -2.50. The number of fused-ring (bicyclic) bond motifs is 1. The van der Waals surface area contributed by atoms with E-state index in [-0.39, 0.29) is 10.8 Å². The zero-order valence-corrected chi connectivity index (χ0v) is 13.3. The summed E-state index contributed by atoms with van der Waals surface area (Å²) in [6.07, 6.45) is 0. The summed E-state index contributed by atoms with van der Waals surface area (Å²) >= 11 is 1.17. The lowest BCUT2D eigenvalue weighted by Gasteiger charge is -2.29. The zero-order valence-electron chi connectivity index (χ0n) is 12.5.